The molecule has 0 aliphatic carbocycles. The summed E-state index contributed by atoms with van der Waals surface area (Å²) in [5, 5.41) is 0. The molecule has 2 nitrogen and oxygen atoms in total. The smallest absolute Gasteiger partial charge is 0.487 e. The maximum absolute atomic E-state index is 13.3. The van der Waals surface area contributed by atoms with E-state index in [4.69, 9.17) is 4.74 Å². The molecule has 0 N–H and O–H groups in total. The number of halogens is 5. The van der Waals surface area contributed by atoms with Crippen LogP contribution in [0.3, 0.4) is 0 Å². The van der Waals surface area contributed by atoms with Gasteiger partial charge in [0.15, 0.2) is 0 Å². The number of nitrogens with zero attached hydrogens (tertiary/aromatic N) is 1. The second-order valence-electron chi connectivity index (χ2n) is 4.05. The Kier molecular flexibility index (Phi) is 6.79. The Hall–Kier alpha value is -0.479. The molecule has 0 unspecified atom stereocenters. The Morgan fingerprint density at radius 2 is 1.76 bits per heavy atom. The van der Waals surface area contributed by atoms with E-state index in [1.807, 2.05) is 0 Å². The number of aromatic nitrogens is 1. The predicted octanol–water partition coefficient (Wildman–Crippen LogP) is -0.00280. The summed E-state index contributed by atoms with van der Waals surface area (Å²) >= 11 is 0. The van der Waals surface area contributed by atoms with Crippen molar-refractivity contribution in [2.45, 2.75) is 6.61 Å². The van der Waals surface area contributed by atoms with Crippen molar-refractivity contribution in [3.63, 3.8) is 0 Å². The van der Waals surface area contributed by atoms with Crippen molar-refractivity contribution in [1.29, 1.82) is 0 Å². The maximum Gasteiger partial charge on any atom is 1.00 e. The quantitative estimate of drug-likeness (QED) is 0.583. The molecule has 21 heavy (non-hydrogen) atoms. The van der Waals surface area contributed by atoms with Gasteiger partial charge in [-0.05, 0) is 18.2 Å². The van der Waals surface area contributed by atoms with Crippen molar-refractivity contribution in [2.24, 2.45) is 0 Å². The third-order valence-corrected chi connectivity index (χ3v) is 2.52. The third kappa shape index (κ3) is 5.33. The molecule has 0 saturated heterocycles. The molecule has 0 bridgehead atoms. The van der Waals surface area contributed by atoms with Gasteiger partial charge in [0.05, 0.1) is 6.20 Å². The molecule has 2 rings (SSSR count). The number of hydrogen-bond donors (Lipinski definition) is 0. The molecule has 0 radical (unpaired) electrons. The zero-order chi connectivity index (χ0) is 14.8. The number of pyridine rings is 1. The van der Waals surface area contributed by atoms with Crippen molar-refractivity contribution in [3.05, 3.63) is 53.9 Å². The van der Waals surface area contributed by atoms with Crippen molar-refractivity contribution in [1.82, 2.24) is 4.98 Å². The minimum absolute atomic E-state index is 0. The summed E-state index contributed by atoms with van der Waals surface area (Å²) in [5.41, 5.74) is -0.864. The topological polar surface area (TPSA) is 22.1 Å². The van der Waals surface area contributed by atoms with E-state index in [9.17, 15) is 21.7 Å². The van der Waals surface area contributed by atoms with Crippen LogP contribution >= 0.6 is 0 Å². The molecular weight excluding hydrogens is 319 g/mol. The van der Waals surface area contributed by atoms with Crippen molar-refractivity contribution >= 4 is 12.4 Å². The van der Waals surface area contributed by atoms with Gasteiger partial charge < -0.3 is 17.7 Å². The molecule has 0 atom stereocenters. The van der Waals surface area contributed by atoms with Gasteiger partial charge >= 0.3 is 58.4 Å². The van der Waals surface area contributed by atoms with E-state index in [1.165, 1.54) is 0 Å². The van der Waals surface area contributed by atoms with Crippen LogP contribution in [0.15, 0.2) is 36.7 Å². The van der Waals surface area contributed by atoms with E-state index in [1.54, 1.807) is 0 Å². The molecule has 0 amide bonds. The fourth-order valence-electron chi connectivity index (χ4n) is 1.49. The molecule has 2 aromatic rings. The van der Waals surface area contributed by atoms with Gasteiger partial charge in [-0.15, -0.1) is 0 Å². The molecule has 0 aliphatic heterocycles. The number of hydrogen-bond acceptors (Lipinski definition) is 2. The summed E-state index contributed by atoms with van der Waals surface area (Å²) in [7, 11) is 0. The van der Waals surface area contributed by atoms with E-state index in [-0.39, 0.29) is 69.3 Å². The van der Waals surface area contributed by atoms with Gasteiger partial charge in [-0.25, -0.2) is 8.78 Å². The predicted molar refractivity (Wildman–Crippen MR) is 63.6 cm³/mol. The fraction of sp³-hybridized carbons (Fsp3) is 0.0833. The van der Waals surface area contributed by atoms with E-state index in [2.05, 4.69) is 4.98 Å². The molecule has 0 fully saturated rings. The van der Waals surface area contributed by atoms with E-state index in [0.29, 0.717) is 12.3 Å². The standard InChI is InChI=1S/C12H8BF5NO.K/c14-10-2-1-8(12(15)4-10)7-20-11-3-9(5-19-6-11)13(16,17)18;/h1-6H,7H2;/q-1;+1. The summed E-state index contributed by atoms with van der Waals surface area (Å²) in [6.07, 6.45) is 1.78. The molecule has 1 aromatic carbocycles. The normalized spacial score (nSPS) is 10.9. The van der Waals surface area contributed by atoms with Crippen molar-refractivity contribution in [3.8, 4) is 5.75 Å². The van der Waals surface area contributed by atoms with Gasteiger partial charge in [0.2, 0.25) is 0 Å². The maximum atomic E-state index is 13.3. The van der Waals surface area contributed by atoms with E-state index < -0.39 is 24.1 Å². The molecular formula is C12H8BF5KNO. The van der Waals surface area contributed by atoms with Crippen molar-refractivity contribution in [2.75, 3.05) is 0 Å². The average molecular weight is 327 g/mol. The molecule has 9 heteroatoms. The second-order valence-corrected chi connectivity index (χ2v) is 4.05. The van der Waals surface area contributed by atoms with Gasteiger partial charge in [0.1, 0.15) is 24.0 Å². The Morgan fingerprint density at radius 1 is 1.05 bits per heavy atom. The van der Waals surface area contributed by atoms with Crippen molar-refractivity contribution < 1.29 is 77.8 Å². The molecule has 1 heterocycles. The Morgan fingerprint density at radius 3 is 2.38 bits per heavy atom. The summed E-state index contributed by atoms with van der Waals surface area (Å²) in [6, 6.07) is 3.66. The van der Waals surface area contributed by atoms with Crippen LogP contribution in [0.25, 0.3) is 0 Å². The van der Waals surface area contributed by atoms with Crippen LogP contribution in [0.4, 0.5) is 21.7 Å². The first-order chi connectivity index (χ1) is 9.36. The third-order valence-electron chi connectivity index (χ3n) is 2.52. The zero-order valence-electron chi connectivity index (χ0n) is 11.0. The Labute approximate surface area is 160 Å². The van der Waals surface area contributed by atoms with Crippen LogP contribution in [0.2, 0.25) is 0 Å². The molecule has 1 aromatic heterocycles. The van der Waals surface area contributed by atoms with Gasteiger partial charge in [-0.3, -0.25) is 4.98 Å². The SMILES string of the molecule is Fc1ccc(COc2cncc([B-](F)(F)F)c2)c(F)c1.[K+]. The summed E-state index contributed by atoms with van der Waals surface area (Å²) in [4.78, 5) is 3.42. The monoisotopic (exact) mass is 327 g/mol. The number of rotatable bonds is 4. The minimum Gasteiger partial charge on any atom is -0.487 e. The minimum atomic E-state index is -5.17. The Balaban J connectivity index is 0.00000220. The average Bonchev–Trinajstić information content (AvgIpc) is 2.37. The largest absolute Gasteiger partial charge is 1.00 e. The Bertz CT molecular complexity index is 623. The second kappa shape index (κ2) is 7.68. The molecule has 0 aliphatic rings. The fourth-order valence-corrected chi connectivity index (χ4v) is 1.49. The van der Waals surface area contributed by atoms with Gasteiger partial charge in [0.25, 0.3) is 0 Å². The first kappa shape index (κ1) is 18.6. The van der Waals surface area contributed by atoms with Crippen LogP contribution in [0.1, 0.15) is 5.56 Å². The first-order valence-electron chi connectivity index (χ1n) is 5.58. The van der Waals surface area contributed by atoms with E-state index >= 15 is 0 Å². The number of benzene rings is 1. The molecule has 106 valence electrons. The summed E-state index contributed by atoms with van der Waals surface area (Å²) in [6.45, 7) is -5.49. The van der Waals surface area contributed by atoms with Crippen LogP contribution in [0.5, 0.6) is 5.75 Å². The summed E-state index contributed by atoms with van der Waals surface area (Å²) < 4.78 is 68.5. The molecule has 0 spiro atoms. The van der Waals surface area contributed by atoms with Crippen LogP contribution in [0, 0.1) is 11.6 Å². The van der Waals surface area contributed by atoms with Crippen LogP contribution in [-0.2, 0) is 6.61 Å². The van der Waals surface area contributed by atoms with Gasteiger partial charge in [-0.2, -0.15) is 0 Å². The first-order valence-corrected chi connectivity index (χ1v) is 5.58. The van der Waals surface area contributed by atoms with Crippen LogP contribution in [-0.4, -0.2) is 12.0 Å². The number of ether oxygens (including phenoxy) is 1. The van der Waals surface area contributed by atoms with Crippen LogP contribution < -0.4 is 61.6 Å². The van der Waals surface area contributed by atoms with E-state index in [0.717, 1.165) is 24.4 Å². The summed E-state index contributed by atoms with van der Waals surface area (Å²) in [5.74, 6) is -1.70. The van der Waals surface area contributed by atoms with Gasteiger partial charge in [-0.1, -0.05) is 5.46 Å². The zero-order valence-corrected chi connectivity index (χ0v) is 14.1. The molecule has 0 saturated carbocycles. The van der Waals surface area contributed by atoms with Gasteiger partial charge in [0, 0.05) is 17.8 Å².